The third kappa shape index (κ3) is 2.50. The van der Waals surface area contributed by atoms with E-state index in [2.05, 4.69) is 5.16 Å². The van der Waals surface area contributed by atoms with Gasteiger partial charge >= 0.3 is 6.23 Å². The first kappa shape index (κ1) is 13.3. The number of hydrogen-bond donors (Lipinski definition) is 0. The van der Waals surface area contributed by atoms with Gasteiger partial charge in [0.2, 0.25) is 0 Å². The molecule has 0 saturated heterocycles. The number of oxime groups is 1. The second-order valence-electron chi connectivity index (χ2n) is 5.01. The molecule has 0 spiro atoms. The van der Waals surface area contributed by atoms with Crippen LogP contribution in [-0.4, -0.2) is 16.9 Å². The van der Waals surface area contributed by atoms with E-state index in [1.165, 1.54) is 0 Å². The third-order valence-corrected chi connectivity index (χ3v) is 3.55. The van der Waals surface area contributed by atoms with Gasteiger partial charge in [0.05, 0.1) is 4.92 Å². The molecule has 1 aliphatic heterocycles. The Hall–Kier alpha value is -2.69. The highest BCUT2D eigenvalue weighted by molar-refractivity contribution is 6.05. The average molecular weight is 282 g/mol. The van der Waals surface area contributed by atoms with Crippen LogP contribution in [0.5, 0.6) is 0 Å². The molecule has 0 amide bonds. The minimum absolute atomic E-state index is 0.427. The van der Waals surface area contributed by atoms with Crippen LogP contribution in [0.25, 0.3) is 0 Å². The van der Waals surface area contributed by atoms with Gasteiger partial charge in [-0.3, -0.25) is 10.1 Å². The second kappa shape index (κ2) is 5.36. The Balaban J connectivity index is 2.04. The van der Waals surface area contributed by atoms with E-state index in [9.17, 15) is 10.1 Å². The van der Waals surface area contributed by atoms with Crippen LogP contribution in [0.4, 0.5) is 0 Å². The molecule has 21 heavy (non-hydrogen) atoms. The number of benzene rings is 2. The summed E-state index contributed by atoms with van der Waals surface area (Å²) in [5, 5.41) is 15.2. The van der Waals surface area contributed by atoms with E-state index in [1.807, 2.05) is 61.5 Å². The maximum atomic E-state index is 11.2. The van der Waals surface area contributed by atoms with E-state index < -0.39 is 17.1 Å². The summed E-state index contributed by atoms with van der Waals surface area (Å²) in [5.41, 5.74) is 3.38. The van der Waals surface area contributed by atoms with Crippen LogP contribution in [0, 0.1) is 17.0 Å². The summed E-state index contributed by atoms with van der Waals surface area (Å²) in [6, 6.07) is 17.1. The summed E-state index contributed by atoms with van der Waals surface area (Å²) >= 11 is 0. The van der Waals surface area contributed by atoms with Crippen molar-refractivity contribution in [1.82, 2.24) is 0 Å². The Kier molecular flexibility index (Phi) is 3.39. The lowest BCUT2D eigenvalue weighted by Crippen LogP contribution is -2.29. The predicted octanol–water partition coefficient (Wildman–Crippen LogP) is 3.12. The Morgan fingerprint density at radius 3 is 2.38 bits per heavy atom. The van der Waals surface area contributed by atoms with E-state index >= 15 is 0 Å². The standard InChI is InChI=1S/C16H14N2O3/c1-11-7-9-12(10-8-11)14-15(13-5-3-2-4-6-13)17-21-16(14)18(19)20/h2-10,14,16H,1H3/t14-,16-/m0/s1. The number of aryl methyl sites for hydroxylation is 1. The highest BCUT2D eigenvalue weighted by Gasteiger charge is 2.44. The molecular formula is C16H14N2O3. The Bertz CT molecular complexity index is 680. The van der Waals surface area contributed by atoms with E-state index in [0.717, 1.165) is 16.7 Å². The van der Waals surface area contributed by atoms with Crippen molar-refractivity contribution in [2.75, 3.05) is 0 Å². The second-order valence-corrected chi connectivity index (χ2v) is 5.01. The van der Waals surface area contributed by atoms with Gasteiger partial charge < -0.3 is 4.84 Å². The molecular weight excluding hydrogens is 268 g/mol. The van der Waals surface area contributed by atoms with Crippen LogP contribution in [0.3, 0.4) is 0 Å². The van der Waals surface area contributed by atoms with Crippen molar-refractivity contribution < 1.29 is 9.76 Å². The maximum Gasteiger partial charge on any atom is 0.387 e. The molecule has 1 aliphatic rings. The van der Waals surface area contributed by atoms with Gasteiger partial charge in [0, 0.05) is 5.56 Å². The highest BCUT2D eigenvalue weighted by Crippen LogP contribution is 2.32. The lowest BCUT2D eigenvalue weighted by Gasteiger charge is -2.13. The summed E-state index contributed by atoms with van der Waals surface area (Å²) in [4.78, 5) is 15.9. The van der Waals surface area contributed by atoms with Crippen molar-refractivity contribution in [3.05, 3.63) is 81.4 Å². The Morgan fingerprint density at radius 1 is 1.10 bits per heavy atom. The molecule has 1 heterocycles. The lowest BCUT2D eigenvalue weighted by molar-refractivity contribution is -0.574. The summed E-state index contributed by atoms with van der Waals surface area (Å²) in [6.45, 7) is 1.98. The quantitative estimate of drug-likeness (QED) is 0.641. The predicted molar refractivity (Wildman–Crippen MR) is 78.8 cm³/mol. The molecule has 106 valence electrons. The molecule has 2 atom stereocenters. The zero-order valence-corrected chi connectivity index (χ0v) is 11.5. The molecule has 0 bridgehead atoms. The minimum Gasteiger partial charge on any atom is -0.320 e. The molecule has 0 N–H and O–H groups in total. The van der Waals surface area contributed by atoms with Gasteiger partial charge in [-0.25, -0.2) is 0 Å². The smallest absolute Gasteiger partial charge is 0.320 e. The van der Waals surface area contributed by atoms with Crippen molar-refractivity contribution in [3.63, 3.8) is 0 Å². The van der Waals surface area contributed by atoms with Gasteiger partial charge in [-0.1, -0.05) is 65.3 Å². The van der Waals surface area contributed by atoms with Gasteiger partial charge in [0.25, 0.3) is 0 Å². The molecule has 0 saturated carbocycles. The van der Waals surface area contributed by atoms with Gasteiger partial charge in [-0.15, -0.1) is 0 Å². The lowest BCUT2D eigenvalue weighted by atomic mass is 9.89. The van der Waals surface area contributed by atoms with Crippen LogP contribution in [-0.2, 0) is 4.84 Å². The van der Waals surface area contributed by atoms with Crippen molar-refractivity contribution in [3.8, 4) is 0 Å². The van der Waals surface area contributed by atoms with E-state index in [-0.39, 0.29) is 0 Å². The molecule has 0 aromatic heterocycles. The monoisotopic (exact) mass is 282 g/mol. The fourth-order valence-electron chi connectivity index (χ4n) is 2.46. The molecule has 0 unspecified atom stereocenters. The third-order valence-electron chi connectivity index (χ3n) is 3.55. The van der Waals surface area contributed by atoms with Crippen molar-refractivity contribution in [1.29, 1.82) is 0 Å². The summed E-state index contributed by atoms with van der Waals surface area (Å²) in [5.74, 6) is -0.497. The topological polar surface area (TPSA) is 64.7 Å². The van der Waals surface area contributed by atoms with Crippen molar-refractivity contribution >= 4 is 5.71 Å². The van der Waals surface area contributed by atoms with Gasteiger partial charge in [0.15, 0.2) is 0 Å². The largest absolute Gasteiger partial charge is 0.387 e. The number of nitrogens with zero attached hydrogens (tertiary/aromatic N) is 2. The number of hydrogen-bond acceptors (Lipinski definition) is 4. The molecule has 0 fully saturated rings. The fourth-order valence-corrected chi connectivity index (χ4v) is 2.46. The van der Waals surface area contributed by atoms with E-state index in [4.69, 9.17) is 4.84 Å². The fraction of sp³-hybridized carbons (Fsp3) is 0.188. The minimum atomic E-state index is -1.18. The first-order valence-electron chi connectivity index (χ1n) is 6.66. The Labute approximate surface area is 122 Å². The maximum absolute atomic E-state index is 11.2. The molecule has 2 aromatic rings. The zero-order valence-electron chi connectivity index (χ0n) is 11.5. The van der Waals surface area contributed by atoms with Gasteiger partial charge in [-0.05, 0) is 12.5 Å². The first-order chi connectivity index (χ1) is 10.2. The van der Waals surface area contributed by atoms with Crippen LogP contribution in [0.1, 0.15) is 22.6 Å². The summed E-state index contributed by atoms with van der Waals surface area (Å²) in [7, 11) is 0. The zero-order chi connectivity index (χ0) is 14.8. The number of nitro groups is 1. The van der Waals surface area contributed by atoms with Crippen LogP contribution < -0.4 is 0 Å². The highest BCUT2D eigenvalue weighted by atomic mass is 16.7. The molecule has 5 heteroatoms. The van der Waals surface area contributed by atoms with Crippen molar-refractivity contribution in [2.24, 2.45) is 5.16 Å². The molecule has 0 aliphatic carbocycles. The van der Waals surface area contributed by atoms with Crippen LogP contribution in [0.15, 0.2) is 59.8 Å². The average Bonchev–Trinajstić information content (AvgIpc) is 2.94. The normalized spacial score (nSPS) is 20.7. The van der Waals surface area contributed by atoms with Crippen molar-refractivity contribution in [2.45, 2.75) is 19.1 Å². The molecule has 2 aromatic carbocycles. The van der Waals surface area contributed by atoms with Crippen LogP contribution >= 0.6 is 0 Å². The van der Waals surface area contributed by atoms with Gasteiger partial charge in [0.1, 0.15) is 11.6 Å². The first-order valence-corrected chi connectivity index (χ1v) is 6.66. The van der Waals surface area contributed by atoms with E-state index in [0.29, 0.717) is 5.71 Å². The molecule has 3 rings (SSSR count). The van der Waals surface area contributed by atoms with Crippen LogP contribution in [0.2, 0.25) is 0 Å². The number of rotatable bonds is 3. The molecule has 0 radical (unpaired) electrons. The summed E-state index contributed by atoms with van der Waals surface area (Å²) in [6.07, 6.45) is -1.18. The van der Waals surface area contributed by atoms with Gasteiger partial charge in [-0.2, -0.15) is 0 Å². The molecule has 5 nitrogen and oxygen atoms in total. The van der Waals surface area contributed by atoms with E-state index in [1.54, 1.807) is 0 Å². The summed E-state index contributed by atoms with van der Waals surface area (Å²) < 4.78 is 0. The Morgan fingerprint density at radius 2 is 1.76 bits per heavy atom. The SMILES string of the molecule is Cc1ccc([C@H]2C(c3ccccc3)=NO[C@@H]2[N+](=O)[O-])cc1.